The van der Waals surface area contributed by atoms with Gasteiger partial charge in [0.2, 0.25) is 0 Å². The number of rotatable bonds is 5. The zero-order valence-corrected chi connectivity index (χ0v) is 19.7. The highest BCUT2D eigenvalue weighted by molar-refractivity contribution is 6.00. The number of ether oxygens (including phenoxy) is 1. The van der Waals surface area contributed by atoms with E-state index in [0.717, 1.165) is 66.3 Å². The molecule has 2 amide bonds. The number of hydrogen-bond acceptors (Lipinski definition) is 5. The Labute approximate surface area is 202 Å². The van der Waals surface area contributed by atoms with Crippen molar-refractivity contribution in [3.8, 4) is 11.1 Å². The van der Waals surface area contributed by atoms with Crippen LogP contribution in [0.4, 0.5) is 20.6 Å². The molecule has 2 aromatic carbocycles. The van der Waals surface area contributed by atoms with Gasteiger partial charge in [0.15, 0.2) is 5.65 Å². The molecule has 0 bridgehead atoms. The number of nitrogens with one attached hydrogen (secondary N) is 2. The fourth-order valence-corrected chi connectivity index (χ4v) is 4.23. The lowest BCUT2D eigenvalue weighted by Gasteiger charge is -2.26. The number of aromatic nitrogens is 3. The smallest absolute Gasteiger partial charge is 0.323 e. The van der Waals surface area contributed by atoms with Gasteiger partial charge in [0.05, 0.1) is 30.8 Å². The number of benzene rings is 2. The molecule has 2 N–H and O–H groups in total. The first-order valence-corrected chi connectivity index (χ1v) is 11.5. The number of amides is 2. The molecule has 180 valence electrons. The summed E-state index contributed by atoms with van der Waals surface area (Å²) in [5, 5.41) is 10.7. The molecule has 35 heavy (non-hydrogen) atoms. The highest BCUT2D eigenvalue weighted by Crippen LogP contribution is 2.30. The van der Waals surface area contributed by atoms with Gasteiger partial charge < -0.3 is 15.4 Å². The molecule has 0 aliphatic carbocycles. The van der Waals surface area contributed by atoms with Crippen molar-refractivity contribution in [3.05, 3.63) is 71.8 Å². The van der Waals surface area contributed by atoms with Gasteiger partial charge in [0, 0.05) is 37.8 Å². The van der Waals surface area contributed by atoms with Gasteiger partial charge in [-0.05, 0) is 53.9 Å². The number of fused-ring (bicyclic) bond motifs is 1. The fourth-order valence-electron chi connectivity index (χ4n) is 4.23. The topological polar surface area (TPSA) is 84.3 Å². The zero-order chi connectivity index (χ0) is 24.4. The summed E-state index contributed by atoms with van der Waals surface area (Å²) in [7, 11) is 1.89. The largest absolute Gasteiger partial charge is 0.379 e. The summed E-state index contributed by atoms with van der Waals surface area (Å²) >= 11 is 0. The van der Waals surface area contributed by atoms with Gasteiger partial charge in [-0.25, -0.2) is 14.2 Å². The molecule has 4 aromatic rings. The average molecular weight is 475 g/mol. The van der Waals surface area contributed by atoms with E-state index >= 15 is 0 Å². The number of anilines is 2. The number of carbonyl (C=O) groups excluding carboxylic acids is 1. The van der Waals surface area contributed by atoms with E-state index in [2.05, 4.69) is 26.7 Å². The number of carbonyl (C=O) groups is 1. The second kappa shape index (κ2) is 9.81. The maximum absolute atomic E-state index is 14.0. The van der Waals surface area contributed by atoms with Gasteiger partial charge in [-0.2, -0.15) is 5.10 Å². The van der Waals surface area contributed by atoms with E-state index in [9.17, 15) is 9.18 Å². The third kappa shape index (κ3) is 5.16. The first-order valence-electron chi connectivity index (χ1n) is 11.5. The summed E-state index contributed by atoms with van der Waals surface area (Å²) in [6, 6.07) is 13.7. The predicted octanol–water partition coefficient (Wildman–Crippen LogP) is 4.56. The molecule has 3 heterocycles. The molecule has 1 saturated heterocycles. The van der Waals surface area contributed by atoms with Crippen molar-refractivity contribution >= 4 is 28.4 Å². The van der Waals surface area contributed by atoms with E-state index in [1.807, 2.05) is 44.4 Å². The van der Waals surface area contributed by atoms with Crippen LogP contribution in [0, 0.1) is 12.7 Å². The Morgan fingerprint density at radius 2 is 1.86 bits per heavy atom. The van der Waals surface area contributed by atoms with Gasteiger partial charge in [-0.1, -0.05) is 18.2 Å². The lowest BCUT2D eigenvalue weighted by molar-refractivity contribution is 0.0337. The third-order valence-corrected chi connectivity index (χ3v) is 6.07. The summed E-state index contributed by atoms with van der Waals surface area (Å²) in [6.45, 7) is 5.82. The van der Waals surface area contributed by atoms with Crippen LogP contribution in [-0.2, 0) is 18.3 Å². The van der Waals surface area contributed by atoms with Gasteiger partial charge in [0.25, 0.3) is 0 Å². The summed E-state index contributed by atoms with van der Waals surface area (Å²) in [5.74, 6) is -0.479. The molecule has 1 fully saturated rings. The molecular weight excluding hydrogens is 447 g/mol. The Kier molecular flexibility index (Phi) is 6.43. The summed E-state index contributed by atoms with van der Waals surface area (Å²) in [5.41, 5.74) is 5.42. The zero-order valence-electron chi connectivity index (χ0n) is 19.7. The Bertz CT molecular complexity index is 1360. The number of hydrogen-bond donors (Lipinski definition) is 2. The highest BCUT2D eigenvalue weighted by atomic mass is 19.1. The fraction of sp³-hybridized carbons (Fsp3) is 0.269. The number of nitrogens with zero attached hydrogens (tertiary/aromatic N) is 4. The van der Waals surface area contributed by atoms with Crippen molar-refractivity contribution in [2.75, 3.05) is 36.9 Å². The molecule has 5 rings (SSSR count). The van der Waals surface area contributed by atoms with Crippen molar-refractivity contribution < 1.29 is 13.9 Å². The van der Waals surface area contributed by atoms with Gasteiger partial charge in [-0.3, -0.25) is 9.58 Å². The minimum absolute atomic E-state index is 0.141. The Morgan fingerprint density at radius 1 is 1.09 bits per heavy atom. The molecule has 1 aliphatic heterocycles. The van der Waals surface area contributed by atoms with Crippen LogP contribution in [0.2, 0.25) is 0 Å². The van der Waals surface area contributed by atoms with Crippen LogP contribution < -0.4 is 10.6 Å². The van der Waals surface area contributed by atoms with Crippen LogP contribution in [0.25, 0.3) is 22.2 Å². The molecule has 0 radical (unpaired) electrons. The first kappa shape index (κ1) is 22.9. The maximum atomic E-state index is 14.0. The van der Waals surface area contributed by atoms with Gasteiger partial charge >= 0.3 is 6.03 Å². The average Bonchev–Trinajstić information content (AvgIpc) is 3.23. The number of aryl methyl sites for hydroxylation is 2. The predicted molar refractivity (Wildman–Crippen MR) is 134 cm³/mol. The summed E-state index contributed by atoms with van der Waals surface area (Å²) in [6.07, 6.45) is 1.83. The number of urea groups is 1. The molecule has 0 atom stereocenters. The van der Waals surface area contributed by atoms with Crippen LogP contribution in [0.1, 0.15) is 11.3 Å². The van der Waals surface area contributed by atoms with Crippen molar-refractivity contribution in [1.29, 1.82) is 0 Å². The Morgan fingerprint density at radius 3 is 2.63 bits per heavy atom. The molecule has 0 spiro atoms. The summed E-state index contributed by atoms with van der Waals surface area (Å²) < 4.78 is 21.2. The van der Waals surface area contributed by atoms with E-state index < -0.39 is 11.8 Å². The van der Waals surface area contributed by atoms with Gasteiger partial charge in [-0.15, -0.1) is 0 Å². The second-order valence-electron chi connectivity index (χ2n) is 8.69. The van der Waals surface area contributed by atoms with Crippen LogP contribution in [-0.4, -0.2) is 52.0 Å². The Hall–Kier alpha value is -3.82. The lowest BCUT2D eigenvalue weighted by Crippen LogP contribution is -2.35. The van der Waals surface area contributed by atoms with Crippen LogP contribution in [0.15, 0.2) is 54.7 Å². The van der Waals surface area contributed by atoms with E-state index in [0.29, 0.717) is 5.69 Å². The minimum Gasteiger partial charge on any atom is -0.379 e. The maximum Gasteiger partial charge on any atom is 0.323 e. The SMILES string of the molecule is Cc1ccc(F)c(NC(=O)Nc2ccc(-c3cc(CN4CCOCC4)nc4c3cnn4C)cc2)c1. The molecule has 0 unspecified atom stereocenters. The summed E-state index contributed by atoms with van der Waals surface area (Å²) in [4.78, 5) is 19.6. The van der Waals surface area contributed by atoms with Crippen LogP contribution >= 0.6 is 0 Å². The number of morpholine rings is 1. The van der Waals surface area contributed by atoms with Crippen molar-refractivity contribution in [2.45, 2.75) is 13.5 Å². The lowest BCUT2D eigenvalue weighted by atomic mass is 10.0. The standard InChI is InChI=1S/C26H27FN6O2/c1-17-3-8-23(27)24(13-17)31-26(34)30-19-6-4-18(5-7-19)21-14-20(16-33-9-11-35-12-10-33)29-25-22(21)15-28-32(25)2/h3-8,13-15H,9-12,16H2,1-2H3,(H2,30,31,34). The van der Waals surface area contributed by atoms with Crippen LogP contribution in [0.3, 0.4) is 0 Å². The van der Waals surface area contributed by atoms with Crippen LogP contribution in [0.5, 0.6) is 0 Å². The molecule has 9 heteroatoms. The Balaban J connectivity index is 1.36. The molecular formula is C26H27FN6O2. The van der Waals surface area contributed by atoms with E-state index in [1.165, 1.54) is 6.07 Å². The van der Waals surface area contributed by atoms with E-state index in [4.69, 9.17) is 9.72 Å². The molecule has 1 aliphatic rings. The van der Waals surface area contributed by atoms with Crippen molar-refractivity contribution in [1.82, 2.24) is 19.7 Å². The second-order valence-corrected chi connectivity index (χ2v) is 8.69. The molecule has 2 aromatic heterocycles. The monoisotopic (exact) mass is 474 g/mol. The van der Waals surface area contributed by atoms with Crippen molar-refractivity contribution in [3.63, 3.8) is 0 Å². The van der Waals surface area contributed by atoms with E-state index in [-0.39, 0.29) is 5.69 Å². The van der Waals surface area contributed by atoms with Crippen molar-refractivity contribution in [2.24, 2.45) is 7.05 Å². The normalized spacial score (nSPS) is 14.3. The molecule has 8 nitrogen and oxygen atoms in total. The number of halogens is 1. The third-order valence-electron chi connectivity index (χ3n) is 6.07. The highest BCUT2D eigenvalue weighted by Gasteiger charge is 2.16. The minimum atomic E-state index is -0.506. The number of pyridine rings is 1. The quantitative estimate of drug-likeness (QED) is 0.443. The van der Waals surface area contributed by atoms with E-state index in [1.54, 1.807) is 16.8 Å². The van der Waals surface area contributed by atoms with Gasteiger partial charge in [0.1, 0.15) is 5.82 Å². The first-order chi connectivity index (χ1) is 17.0. The molecule has 0 saturated carbocycles.